The van der Waals surface area contributed by atoms with Crippen LogP contribution in [0.3, 0.4) is 0 Å². The molecule has 1 amide bonds. The summed E-state index contributed by atoms with van der Waals surface area (Å²) in [5.41, 5.74) is 2.04. The van der Waals surface area contributed by atoms with Crippen molar-refractivity contribution >= 4 is 17.5 Å². The molecule has 6 nitrogen and oxygen atoms in total. The second-order valence-corrected chi connectivity index (χ2v) is 8.86. The molecule has 1 atom stereocenters. The Hall–Kier alpha value is -2.19. The summed E-state index contributed by atoms with van der Waals surface area (Å²) in [6.07, 6.45) is 1.86. The van der Waals surface area contributed by atoms with E-state index in [1.54, 1.807) is 21.7 Å². The van der Waals surface area contributed by atoms with Gasteiger partial charge in [0.25, 0.3) is 11.8 Å². The van der Waals surface area contributed by atoms with Crippen molar-refractivity contribution in [1.29, 1.82) is 0 Å². The molecule has 2 aromatic rings. The van der Waals surface area contributed by atoms with Crippen LogP contribution in [0.4, 0.5) is 8.78 Å². The van der Waals surface area contributed by atoms with E-state index in [0.717, 1.165) is 17.0 Å². The maximum atomic E-state index is 14.1. The van der Waals surface area contributed by atoms with Crippen molar-refractivity contribution in [2.24, 2.45) is 5.92 Å². The van der Waals surface area contributed by atoms with Crippen molar-refractivity contribution in [3.63, 3.8) is 0 Å². The van der Waals surface area contributed by atoms with Gasteiger partial charge in [0.15, 0.2) is 5.69 Å². The molecule has 3 heterocycles. The summed E-state index contributed by atoms with van der Waals surface area (Å²) in [4.78, 5) is 14.5. The highest BCUT2D eigenvalue weighted by Gasteiger charge is 2.47. The van der Waals surface area contributed by atoms with Crippen molar-refractivity contribution in [2.45, 2.75) is 44.3 Å². The fourth-order valence-electron chi connectivity index (χ4n) is 4.21. The van der Waals surface area contributed by atoms with Crippen LogP contribution in [0, 0.1) is 5.92 Å². The van der Waals surface area contributed by atoms with E-state index >= 15 is 0 Å². The number of ether oxygens (including phenoxy) is 1. The predicted octanol–water partition coefficient (Wildman–Crippen LogP) is 3.13. The van der Waals surface area contributed by atoms with Gasteiger partial charge < -0.3 is 10.1 Å². The van der Waals surface area contributed by atoms with Gasteiger partial charge in [-0.2, -0.15) is 5.10 Å². The quantitative estimate of drug-likeness (QED) is 0.782. The molecule has 1 N–H and O–H groups in total. The van der Waals surface area contributed by atoms with Gasteiger partial charge in [0, 0.05) is 24.0 Å². The summed E-state index contributed by atoms with van der Waals surface area (Å²) in [7, 11) is 0. The minimum absolute atomic E-state index is 0.184. The van der Waals surface area contributed by atoms with Gasteiger partial charge >= 0.3 is 0 Å². The minimum atomic E-state index is -2.64. The van der Waals surface area contributed by atoms with Crippen molar-refractivity contribution < 1.29 is 18.3 Å². The van der Waals surface area contributed by atoms with Crippen molar-refractivity contribution in [2.75, 3.05) is 19.7 Å². The molecule has 9 heteroatoms. The monoisotopic (exact) mass is 436 g/mol. The van der Waals surface area contributed by atoms with Crippen LogP contribution in [-0.4, -0.2) is 52.2 Å². The Morgan fingerprint density at radius 2 is 2.13 bits per heavy atom. The number of hydrogen-bond acceptors (Lipinski definition) is 4. The molecule has 30 heavy (non-hydrogen) atoms. The molecular formula is C21H23ClF2N4O2. The molecule has 0 saturated heterocycles. The molecule has 1 aromatic carbocycles. The molecule has 1 saturated carbocycles. The number of benzene rings is 1. The molecule has 3 aliphatic rings. The number of fused-ring (bicyclic) bond motifs is 2. The van der Waals surface area contributed by atoms with Crippen LogP contribution in [0.15, 0.2) is 24.3 Å². The van der Waals surface area contributed by atoms with E-state index in [-0.39, 0.29) is 18.5 Å². The Morgan fingerprint density at radius 1 is 1.30 bits per heavy atom. The van der Waals surface area contributed by atoms with E-state index in [0.29, 0.717) is 56.2 Å². The Balaban J connectivity index is 1.22. The van der Waals surface area contributed by atoms with E-state index in [2.05, 4.69) is 10.4 Å². The maximum Gasteiger partial charge on any atom is 0.272 e. The zero-order chi connectivity index (χ0) is 20.9. The van der Waals surface area contributed by atoms with Gasteiger partial charge in [-0.3, -0.25) is 14.4 Å². The number of nitrogens with one attached hydrogen (secondary N) is 1. The normalized spacial score (nSPS) is 21.5. The average molecular weight is 437 g/mol. The van der Waals surface area contributed by atoms with Gasteiger partial charge in [0.05, 0.1) is 24.8 Å². The van der Waals surface area contributed by atoms with Gasteiger partial charge in [-0.05, 0) is 49.1 Å². The lowest BCUT2D eigenvalue weighted by molar-refractivity contribution is -0.0572. The number of hydrogen-bond donors (Lipinski definition) is 1. The zero-order valence-electron chi connectivity index (χ0n) is 16.4. The molecular weight excluding hydrogens is 414 g/mol. The highest BCUT2D eigenvalue weighted by atomic mass is 35.5. The Labute approximate surface area is 178 Å². The number of halogens is 3. The summed E-state index contributed by atoms with van der Waals surface area (Å²) in [6.45, 7) is 1.53. The van der Waals surface area contributed by atoms with Gasteiger partial charge in [0.1, 0.15) is 12.4 Å². The molecule has 5 rings (SSSR count). The van der Waals surface area contributed by atoms with Crippen molar-refractivity contribution in [3.05, 3.63) is 46.2 Å². The lowest BCUT2D eigenvalue weighted by atomic mass is 10.0. The topological polar surface area (TPSA) is 59.4 Å². The predicted molar refractivity (Wildman–Crippen MR) is 107 cm³/mol. The lowest BCUT2D eigenvalue weighted by Gasteiger charge is -2.30. The Morgan fingerprint density at radius 3 is 2.93 bits per heavy atom. The SMILES string of the molecule is O=C(N[C@H]1COc2ccc(Cl)cc2C1)c1cc2n(n1)CCN(CC(F)(F)C1CC1)C2. The van der Waals surface area contributed by atoms with Gasteiger partial charge in [-0.25, -0.2) is 8.78 Å². The number of aromatic nitrogens is 2. The standard InChI is InChI=1S/C21H23ClF2N4O2/c22-15-3-4-19-13(7-15)8-16(11-30-19)25-20(29)18-9-17-10-27(5-6-28(17)26-18)12-21(23,24)14-1-2-14/h3-4,7,9,14,16H,1-2,5-6,8,10-12H2,(H,25,29)/t16-/m1/s1. The summed E-state index contributed by atoms with van der Waals surface area (Å²) >= 11 is 6.05. The van der Waals surface area contributed by atoms with E-state index in [9.17, 15) is 13.6 Å². The lowest BCUT2D eigenvalue weighted by Crippen LogP contribution is -2.43. The smallest absolute Gasteiger partial charge is 0.272 e. The highest BCUT2D eigenvalue weighted by Crippen LogP contribution is 2.44. The summed E-state index contributed by atoms with van der Waals surface area (Å²) in [6, 6.07) is 6.97. The number of carbonyl (C=O) groups excluding carboxylic acids is 1. The second-order valence-electron chi connectivity index (χ2n) is 8.43. The van der Waals surface area contributed by atoms with Crippen LogP contribution in [-0.2, 0) is 19.5 Å². The molecule has 0 bridgehead atoms. The van der Waals surface area contributed by atoms with E-state index in [1.807, 2.05) is 12.1 Å². The Bertz CT molecular complexity index is 976. The molecule has 2 aliphatic heterocycles. The summed E-state index contributed by atoms with van der Waals surface area (Å²) in [5.74, 6) is -2.61. The van der Waals surface area contributed by atoms with Gasteiger partial charge in [-0.1, -0.05) is 11.6 Å². The molecule has 160 valence electrons. The summed E-state index contributed by atoms with van der Waals surface area (Å²) in [5, 5.41) is 7.97. The van der Waals surface area contributed by atoms with Crippen LogP contribution in [0.5, 0.6) is 5.75 Å². The minimum Gasteiger partial charge on any atom is -0.491 e. The molecule has 1 aliphatic carbocycles. The molecule has 1 aromatic heterocycles. The molecule has 1 fully saturated rings. The molecule has 0 radical (unpaired) electrons. The third-order valence-electron chi connectivity index (χ3n) is 5.98. The van der Waals surface area contributed by atoms with Crippen molar-refractivity contribution in [1.82, 2.24) is 20.0 Å². The summed E-state index contributed by atoms with van der Waals surface area (Å²) < 4.78 is 35.8. The first-order chi connectivity index (χ1) is 14.4. The largest absolute Gasteiger partial charge is 0.491 e. The Kier molecular flexibility index (Phi) is 4.94. The third kappa shape index (κ3) is 4.03. The van der Waals surface area contributed by atoms with Crippen LogP contribution in [0.2, 0.25) is 5.02 Å². The van der Waals surface area contributed by atoms with E-state index in [1.165, 1.54) is 0 Å². The fraction of sp³-hybridized carbons (Fsp3) is 0.524. The van der Waals surface area contributed by atoms with Crippen LogP contribution < -0.4 is 10.1 Å². The maximum absolute atomic E-state index is 14.1. The highest BCUT2D eigenvalue weighted by molar-refractivity contribution is 6.30. The number of rotatable bonds is 5. The van der Waals surface area contributed by atoms with Gasteiger partial charge in [0.2, 0.25) is 0 Å². The first-order valence-electron chi connectivity index (χ1n) is 10.3. The molecule has 0 unspecified atom stereocenters. The first-order valence-corrected chi connectivity index (χ1v) is 10.6. The van der Waals surface area contributed by atoms with Crippen LogP contribution >= 0.6 is 11.6 Å². The number of carbonyl (C=O) groups is 1. The van der Waals surface area contributed by atoms with E-state index < -0.39 is 11.8 Å². The van der Waals surface area contributed by atoms with E-state index in [4.69, 9.17) is 16.3 Å². The first kappa shape index (κ1) is 19.8. The van der Waals surface area contributed by atoms with Crippen LogP contribution in [0.25, 0.3) is 0 Å². The molecule has 0 spiro atoms. The number of amides is 1. The van der Waals surface area contributed by atoms with Gasteiger partial charge in [-0.15, -0.1) is 0 Å². The second kappa shape index (κ2) is 7.50. The number of alkyl halides is 2. The number of nitrogens with zero attached hydrogens (tertiary/aromatic N) is 3. The third-order valence-corrected chi connectivity index (χ3v) is 6.22. The van der Waals surface area contributed by atoms with Crippen LogP contribution in [0.1, 0.15) is 34.6 Å². The zero-order valence-corrected chi connectivity index (χ0v) is 17.2. The van der Waals surface area contributed by atoms with Crippen molar-refractivity contribution in [3.8, 4) is 5.75 Å². The fourth-order valence-corrected chi connectivity index (χ4v) is 4.41. The average Bonchev–Trinajstić information content (AvgIpc) is 3.48.